The number of nitrogens with one attached hydrogen (secondary N) is 1. The number of carbonyl (C=O) groups is 1. The minimum absolute atomic E-state index is 0.157. The zero-order valence-corrected chi connectivity index (χ0v) is 12.7. The predicted molar refractivity (Wildman–Crippen MR) is 80.5 cm³/mol. The van der Waals surface area contributed by atoms with Gasteiger partial charge >= 0.3 is 0 Å². The van der Waals surface area contributed by atoms with E-state index in [0.717, 1.165) is 37.4 Å². The summed E-state index contributed by atoms with van der Waals surface area (Å²) in [5.74, 6) is 1.47. The van der Waals surface area contributed by atoms with Crippen molar-refractivity contribution in [3.63, 3.8) is 0 Å². The topological polar surface area (TPSA) is 41.6 Å². The first kappa shape index (κ1) is 13.9. The average molecular weight is 294 g/mol. The third-order valence-corrected chi connectivity index (χ3v) is 5.03. The molecule has 1 atom stereocenters. The number of amides is 1. The number of rotatable bonds is 5. The molecule has 1 aliphatic carbocycles. The minimum atomic E-state index is 0.157. The molecule has 4 nitrogen and oxygen atoms in total. The summed E-state index contributed by atoms with van der Waals surface area (Å²) in [6, 6.07) is 2.33. The highest BCUT2D eigenvalue weighted by molar-refractivity contribution is 7.12. The van der Waals surface area contributed by atoms with Gasteiger partial charge in [-0.05, 0) is 56.1 Å². The molecule has 0 bridgehead atoms. The van der Waals surface area contributed by atoms with Crippen LogP contribution in [0, 0.1) is 5.92 Å². The molecule has 2 heterocycles. The second kappa shape index (κ2) is 6.14. The van der Waals surface area contributed by atoms with E-state index in [-0.39, 0.29) is 5.91 Å². The van der Waals surface area contributed by atoms with Crippen LogP contribution < -0.4 is 10.1 Å². The van der Waals surface area contributed by atoms with Gasteiger partial charge in [0.25, 0.3) is 5.91 Å². The number of hydrogen-bond donors (Lipinski definition) is 1. The van der Waals surface area contributed by atoms with Gasteiger partial charge in [0.2, 0.25) is 0 Å². The molecule has 1 saturated heterocycles. The van der Waals surface area contributed by atoms with Crippen molar-refractivity contribution in [1.82, 2.24) is 10.2 Å². The predicted octanol–water partition coefficient (Wildman–Crippen LogP) is 2.36. The van der Waals surface area contributed by atoms with E-state index in [1.54, 1.807) is 7.11 Å². The molecule has 1 N–H and O–H groups in total. The van der Waals surface area contributed by atoms with Crippen LogP contribution in [-0.4, -0.2) is 43.6 Å². The highest BCUT2D eigenvalue weighted by atomic mass is 32.1. The Morgan fingerprint density at radius 1 is 1.50 bits per heavy atom. The molecule has 2 fully saturated rings. The van der Waals surface area contributed by atoms with Crippen molar-refractivity contribution in [2.24, 2.45) is 5.92 Å². The quantitative estimate of drug-likeness (QED) is 0.906. The Morgan fingerprint density at radius 2 is 2.35 bits per heavy atom. The lowest BCUT2D eigenvalue weighted by Gasteiger charge is -2.30. The van der Waals surface area contributed by atoms with Crippen LogP contribution in [0.25, 0.3) is 0 Å². The highest BCUT2D eigenvalue weighted by Crippen LogP contribution is 2.33. The van der Waals surface area contributed by atoms with Crippen LogP contribution in [0.3, 0.4) is 0 Å². The maximum atomic E-state index is 12.8. The molecule has 0 radical (unpaired) electrons. The number of hydrogen-bond acceptors (Lipinski definition) is 4. The number of ether oxygens (including phenoxy) is 1. The van der Waals surface area contributed by atoms with Crippen LogP contribution in [0.2, 0.25) is 0 Å². The van der Waals surface area contributed by atoms with Crippen molar-refractivity contribution >= 4 is 17.2 Å². The van der Waals surface area contributed by atoms with E-state index in [0.29, 0.717) is 17.7 Å². The molecule has 1 aromatic heterocycles. The van der Waals surface area contributed by atoms with E-state index in [1.165, 1.54) is 24.2 Å². The summed E-state index contributed by atoms with van der Waals surface area (Å²) in [5, 5.41) is 5.37. The molecule has 1 aromatic rings. The van der Waals surface area contributed by atoms with Gasteiger partial charge in [0, 0.05) is 12.6 Å². The van der Waals surface area contributed by atoms with Crippen molar-refractivity contribution in [2.75, 3.05) is 26.7 Å². The molecule has 20 heavy (non-hydrogen) atoms. The number of nitrogens with zero attached hydrogens (tertiary/aromatic N) is 1. The fraction of sp³-hybridized carbons (Fsp3) is 0.667. The van der Waals surface area contributed by atoms with Crippen LogP contribution in [-0.2, 0) is 0 Å². The lowest BCUT2D eigenvalue weighted by atomic mass is 9.99. The standard InChI is InChI=1S/C15H22N2O2S/c1-19-13-6-8-20-14(13)15(18)17(12-4-5-12)10-11-3-2-7-16-9-11/h6,8,11-12,16H,2-5,7,9-10H2,1H3. The summed E-state index contributed by atoms with van der Waals surface area (Å²) in [7, 11) is 1.63. The van der Waals surface area contributed by atoms with Crippen molar-refractivity contribution < 1.29 is 9.53 Å². The van der Waals surface area contributed by atoms with Gasteiger partial charge < -0.3 is 15.0 Å². The van der Waals surface area contributed by atoms with Crippen LogP contribution in [0.5, 0.6) is 5.75 Å². The van der Waals surface area contributed by atoms with Gasteiger partial charge in [0.05, 0.1) is 7.11 Å². The maximum absolute atomic E-state index is 12.8. The number of carbonyl (C=O) groups excluding carboxylic acids is 1. The van der Waals surface area contributed by atoms with Crippen LogP contribution in [0.15, 0.2) is 11.4 Å². The van der Waals surface area contributed by atoms with Crippen molar-refractivity contribution in [1.29, 1.82) is 0 Å². The minimum Gasteiger partial charge on any atom is -0.495 e. The van der Waals surface area contributed by atoms with Gasteiger partial charge in [0.15, 0.2) is 0 Å². The lowest BCUT2D eigenvalue weighted by Crippen LogP contribution is -2.42. The number of methoxy groups -OCH3 is 1. The Bertz CT molecular complexity index is 464. The molecule has 2 aliphatic rings. The first-order chi connectivity index (χ1) is 9.79. The molecule has 5 heteroatoms. The second-order valence-corrected chi connectivity index (χ2v) is 6.64. The van der Waals surface area contributed by atoms with Crippen LogP contribution in [0.4, 0.5) is 0 Å². The molecule has 1 saturated carbocycles. The zero-order valence-electron chi connectivity index (χ0n) is 11.9. The lowest BCUT2D eigenvalue weighted by molar-refractivity contribution is 0.0706. The van der Waals surface area contributed by atoms with Crippen molar-refractivity contribution in [3.8, 4) is 5.75 Å². The van der Waals surface area contributed by atoms with Gasteiger partial charge in [-0.2, -0.15) is 0 Å². The fourth-order valence-electron chi connectivity index (χ4n) is 2.89. The van der Waals surface area contributed by atoms with E-state index >= 15 is 0 Å². The maximum Gasteiger partial charge on any atom is 0.268 e. The molecule has 1 amide bonds. The molecule has 1 unspecified atom stereocenters. The Morgan fingerprint density at radius 3 is 3.00 bits per heavy atom. The van der Waals surface area contributed by atoms with Crippen LogP contribution >= 0.6 is 11.3 Å². The van der Waals surface area contributed by atoms with Gasteiger partial charge in [0.1, 0.15) is 10.6 Å². The molecule has 0 spiro atoms. The van der Waals surface area contributed by atoms with Gasteiger partial charge in [-0.3, -0.25) is 4.79 Å². The van der Waals surface area contributed by atoms with Crippen molar-refractivity contribution in [2.45, 2.75) is 31.7 Å². The van der Waals surface area contributed by atoms with Crippen molar-refractivity contribution in [3.05, 3.63) is 16.3 Å². The Balaban J connectivity index is 1.71. The monoisotopic (exact) mass is 294 g/mol. The third-order valence-electron chi connectivity index (χ3n) is 4.15. The zero-order chi connectivity index (χ0) is 13.9. The Labute approximate surface area is 124 Å². The summed E-state index contributed by atoms with van der Waals surface area (Å²) >= 11 is 1.49. The van der Waals surface area contributed by atoms with E-state index in [9.17, 15) is 4.79 Å². The van der Waals surface area contributed by atoms with E-state index in [2.05, 4.69) is 10.2 Å². The SMILES string of the molecule is COc1ccsc1C(=O)N(CC1CCCNC1)C1CC1. The van der Waals surface area contributed by atoms with E-state index < -0.39 is 0 Å². The van der Waals surface area contributed by atoms with Gasteiger partial charge in [-0.15, -0.1) is 11.3 Å². The first-order valence-electron chi connectivity index (χ1n) is 7.42. The molecule has 1 aliphatic heterocycles. The molecule has 0 aromatic carbocycles. The number of thiophene rings is 1. The second-order valence-electron chi connectivity index (χ2n) is 5.72. The van der Waals surface area contributed by atoms with E-state index in [4.69, 9.17) is 4.74 Å². The molecule has 3 rings (SSSR count). The number of piperidine rings is 1. The van der Waals surface area contributed by atoms with Gasteiger partial charge in [-0.25, -0.2) is 0 Å². The Hall–Kier alpha value is -1.07. The van der Waals surface area contributed by atoms with Gasteiger partial charge in [-0.1, -0.05) is 0 Å². The molecular formula is C15H22N2O2S. The fourth-order valence-corrected chi connectivity index (χ4v) is 3.70. The summed E-state index contributed by atoms with van der Waals surface area (Å²) in [6.07, 6.45) is 4.75. The third kappa shape index (κ3) is 2.99. The summed E-state index contributed by atoms with van der Waals surface area (Å²) in [5.41, 5.74) is 0. The molecular weight excluding hydrogens is 272 g/mol. The van der Waals surface area contributed by atoms with E-state index in [1.807, 2.05) is 11.4 Å². The largest absolute Gasteiger partial charge is 0.495 e. The van der Waals surface area contributed by atoms with Crippen LogP contribution in [0.1, 0.15) is 35.4 Å². The summed E-state index contributed by atoms with van der Waals surface area (Å²) < 4.78 is 5.30. The Kier molecular flexibility index (Phi) is 4.27. The normalized spacial score (nSPS) is 22.6. The summed E-state index contributed by atoms with van der Waals surface area (Å²) in [6.45, 7) is 3.04. The first-order valence-corrected chi connectivity index (χ1v) is 8.30. The average Bonchev–Trinajstić information content (AvgIpc) is 3.21. The summed E-state index contributed by atoms with van der Waals surface area (Å²) in [4.78, 5) is 15.6. The smallest absolute Gasteiger partial charge is 0.268 e. The molecule has 110 valence electrons. The highest BCUT2D eigenvalue weighted by Gasteiger charge is 2.36.